The van der Waals surface area contributed by atoms with E-state index in [1.54, 1.807) is 0 Å². The van der Waals surface area contributed by atoms with Crippen molar-refractivity contribution in [2.45, 2.75) is 18.4 Å². The zero-order chi connectivity index (χ0) is 13.7. The number of hydrogen-bond donors (Lipinski definition) is 2. The van der Waals surface area contributed by atoms with Crippen molar-refractivity contribution in [1.29, 1.82) is 10.5 Å². The van der Waals surface area contributed by atoms with Gasteiger partial charge in [0.2, 0.25) is 5.91 Å². The molecule has 0 fully saturated rings. The number of amides is 1. The van der Waals surface area contributed by atoms with Gasteiger partial charge in [0, 0.05) is 0 Å². The number of nitrogens with zero attached hydrogens (tertiary/aromatic N) is 3. The van der Waals surface area contributed by atoms with Gasteiger partial charge in [0.05, 0.1) is 16.9 Å². The average molecular weight is 261 g/mol. The Kier molecular flexibility index (Phi) is 4.52. The van der Waals surface area contributed by atoms with Crippen LogP contribution < -0.4 is 11.5 Å². The first-order valence-corrected chi connectivity index (χ1v) is 6.07. The van der Waals surface area contributed by atoms with Crippen LogP contribution in [-0.4, -0.2) is 16.6 Å². The van der Waals surface area contributed by atoms with Crippen LogP contribution in [0.25, 0.3) is 0 Å². The van der Waals surface area contributed by atoms with Crippen LogP contribution in [0.5, 0.6) is 0 Å². The van der Waals surface area contributed by atoms with Crippen molar-refractivity contribution in [2.24, 2.45) is 5.73 Å². The fourth-order valence-corrected chi connectivity index (χ4v) is 2.22. The fourth-order valence-electron chi connectivity index (χ4n) is 1.47. The number of pyridine rings is 1. The molecule has 1 heterocycles. The third-order valence-corrected chi connectivity index (χ3v) is 3.22. The molecule has 92 valence electrons. The molecule has 1 aromatic heterocycles. The summed E-state index contributed by atoms with van der Waals surface area (Å²) in [5, 5.41) is 18.5. The van der Waals surface area contributed by atoms with E-state index in [1.807, 2.05) is 19.1 Å². The van der Waals surface area contributed by atoms with Crippen molar-refractivity contribution in [3.63, 3.8) is 0 Å². The van der Waals surface area contributed by atoms with E-state index in [2.05, 4.69) is 4.98 Å². The summed E-state index contributed by atoms with van der Waals surface area (Å²) in [6.45, 7) is 1.82. The molecule has 1 amide bonds. The van der Waals surface area contributed by atoms with Gasteiger partial charge in [-0.25, -0.2) is 4.98 Å². The Hall–Kier alpha value is -2.25. The van der Waals surface area contributed by atoms with E-state index in [0.29, 0.717) is 17.0 Å². The summed E-state index contributed by atoms with van der Waals surface area (Å²) in [5.41, 5.74) is 11.8. The van der Waals surface area contributed by atoms with Crippen LogP contribution in [0.3, 0.4) is 0 Å². The molecule has 0 atom stereocenters. The molecule has 1 rings (SSSR count). The Morgan fingerprint density at radius 3 is 2.44 bits per heavy atom. The van der Waals surface area contributed by atoms with Gasteiger partial charge in [0.25, 0.3) is 0 Å². The lowest BCUT2D eigenvalue weighted by molar-refractivity contribution is -0.115. The second-order valence-electron chi connectivity index (χ2n) is 3.36. The number of nitrogen functional groups attached to an aromatic ring is 1. The normalized spacial score (nSPS) is 9.50. The Balaban J connectivity index is 3.37. The Morgan fingerprint density at radius 2 is 2.00 bits per heavy atom. The first-order valence-electron chi connectivity index (χ1n) is 5.08. The van der Waals surface area contributed by atoms with Gasteiger partial charge in [0.15, 0.2) is 0 Å². The molecule has 7 heteroatoms. The molecule has 0 spiro atoms. The molecule has 18 heavy (non-hydrogen) atoms. The molecule has 4 N–H and O–H groups in total. The summed E-state index contributed by atoms with van der Waals surface area (Å²) < 4.78 is 0. The van der Waals surface area contributed by atoms with Crippen LogP contribution in [-0.2, 0) is 11.2 Å². The molecule has 6 nitrogen and oxygen atoms in total. The van der Waals surface area contributed by atoms with E-state index >= 15 is 0 Å². The molecule has 0 saturated heterocycles. The number of carbonyl (C=O) groups excluding carboxylic acids is 1. The van der Waals surface area contributed by atoms with Crippen LogP contribution in [0.15, 0.2) is 5.03 Å². The first kappa shape index (κ1) is 13.8. The van der Waals surface area contributed by atoms with Crippen molar-refractivity contribution < 1.29 is 4.79 Å². The summed E-state index contributed by atoms with van der Waals surface area (Å²) in [5.74, 6) is -0.428. The molecule has 0 radical (unpaired) electrons. The molecule has 0 aliphatic heterocycles. The highest BCUT2D eigenvalue weighted by atomic mass is 32.2. The highest BCUT2D eigenvalue weighted by molar-refractivity contribution is 8.00. The van der Waals surface area contributed by atoms with Crippen LogP contribution in [0.4, 0.5) is 5.82 Å². The number of nitriles is 2. The Bertz CT molecular complexity index is 570. The van der Waals surface area contributed by atoms with Crippen molar-refractivity contribution in [3.05, 3.63) is 16.7 Å². The summed E-state index contributed by atoms with van der Waals surface area (Å²) >= 11 is 1.05. The van der Waals surface area contributed by atoms with E-state index in [9.17, 15) is 4.79 Å². The van der Waals surface area contributed by atoms with Gasteiger partial charge < -0.3 is 11.5 Å². The van der Waals surface area contributed by atoms with E-state index in [1.165, 1.54) is 0 Å². The maximum absolute atomic E-state index is 10.7. The quantitative estimate of drug-likeness (QED) is 0.761. The summed E-state index contributed by atoms with van der Waals surface area (Å²) in [6, 6.07) is 3.94. The molecule has 1 aromatic rings. The average Bonchev–Trinajstić information content (AvgIpc) is 2.34. The number of aromatic nitrogens is 1. The topological polar surface area (TPSA) is 130 Å². The van der Waals surface area contributed by atoms with Crippen LogP contribution in [0.2, 0.25) is 0 Å². The number of rotatable bonds is 4. The Labute approximate surface area is 109 Å². The minimum atomic E-state index is -0.508. The van der Waals surface area contributed by atoms with Crippen molar-refractivity contribution >= 4 is 23.5 Å². The molecule has 0 saturated carbocycles. The Morgan fingerprint density at radius 1 is 1.39 bits per heavy atom. The summed E-state index contributed by atoms with van der Waals surface area (Å²) in [7, 11) is 0. The van der Waals surface area contributed by atoms with E-state index in [0.717, 1.165) is 11.8 Å². The van der Waals surface area contributed by atoms with Gasteiger partial charge >= 0.3 is 0 Å². The molecular formula is C11H11N5OS. The number of hydrogen-bond acceptors (Lipinski definition) is 6. The zero-order valence-electron chi connectivity index (χ0n) is 9.73. The SMILES string of the molecule is CCc1c(C#N)c(N)nc(SCC(N)=O)c1C#N. The van der Waals surface area contributed by atoms with Crippen LogP contribution in [0, 0.1) is 22.7 Å². The molecule has 0 aromatic carbocycles. The van der Waals surface area contributed by atoms with Crippen molar-refractivity contribution in [1.82, 2.24) is 4.98 Å². The van der Waals surface area contributed by atoms with Gasteiger partial charge in [-0.05, 0) is 12.0 Å². The molecule has 0 bridgehead atoms. The van der Waals surface area contributed by atoms with Gasteiger partial charge in [-0.3, -0.25) is 4.79 Å². The molecule has 0 aliphatic rings. The van der Waals surface area contributed by atoms with Crippen molar-refractivity contribution in [3.8, 4) is 12.1 Å². The summed E-state index contributed by atoms with van der Waals surface area (Å²) in [4.78, 5) is 14.7. The number of primary amides is 1. The van der Waals surface area contributed by atoms with E-state index in [-0.39, 0.29) is 22.7 Å². The smallest absolute Gasteiger partial charge is 0.227 e. The molecular weight excluding hydrogens is 250 g/mol. The van der Waals surface area contributed by atoms with Crippen LogP contribution >= 0.6 is 11.8 Å². The predicted molar refractivity (Wildman–Crippen MR) is 67.4 cm³/mol. The van der Waals surface area contributed by atoms with Crippen molar-refractivity contribution in [2.75, 3.05) is 11.5 Å². The van der Waals surface area contributed by atoms with Crippen LogP contribution in [0.1, 0.15) is 23.6 Å². The number of carbonyl (C=O) groups is 1. The second-order valence-corrected chi connectivity index (χ2v) is 4.33. The monoisotopic (exact) mass is 261 g/mol. The standard InChI is InChI=1S/C11H11N5OS/c1-2-6-7(3-12)10(15)16-11(8(6)4-13)18-5-9(14)17/h2,5H2,1H3,(H2,14,17)(H2,15,16). The largest absolute Gasteiger partial charge is 0.383 e. The second kappa shape index (κ2) is 5.89. The fraction of sp³-hybridized carbons (Fsp3) is 0.273. The lowest BCUT2D eigenvalue weighted by Crippen LogP contribution is -2.14. The maximum Gasteiger partial charge on any atom is 0.227 e. The highest BCUT2D eigenvalue weighted by Gasteiger charge is 2.17. The predicted octanol–water partition coefficient (Wildman–Crippen LogP) is 0.547. The zero-order valence-corrected chi connectivity index (χ0v) is 10.5. The van der Waals surface area contributed by atoms with E-state index in [4.69, 9.17) is 22.0 Å². The van der Waals surface area contributed by atoms with Gasteiger partial charge in [0.1, 0.15) is 23.0 Å². The number of thioether (sulfide) groups is 1. The minimum Gasteiger partial charge on any atom is -0.383 e. The number of nitrogens with two attached hydrogens (primary N) is 2. The summed E-state index contributed by atoms with van der Waals surface area (Å²) in [6.07, 6.45) is 0.489. The maximum atomic E-state index is 10.7. The van der Waals surface area contributed by atoms with E-state index < -0.39 is 5.91 Å². The lowest BCUT2D eigenvalue weighted by atomic mass is 10.0. The molecule has 0 unspecified atom stereocenters. The first-order chi connectivity index (χ1) is 8.54. The molecule has 0 aliphatic carbocycles. The minimum absolute atomic E-state index is 0.0101. The third kappa shape index (κ3) is 2.70. The lowest BCUT2D eigenvalue weighted by Gasteiger charge is -2.10. The number of anilines is 1. The van der Waals surface area contributed by atoms with Gasteiger partial charge in [-0.1, -0.05) is 18.7 Å². The third-order valence-electron chi connectivity index (χ3n) is 2.22. The van der Waals surface area contributed by atoms with Gasteiger partial charge in [-0.15, -0.1) is 0 Å². The van der Waals surface area contributed by atoms with Gasteiger partial charge in [-0.2, -0.15) is 10.5 Å². The highest BCUT2D eigenvalue weighted by Crippen LogP contribution is 2.28.